The predicted molar refractivity (Wildman–Crippen MR) is 191 cm³/mol. The van der Waals surface area contributed by atoms with Crippen LogP contribution in [0.15, 0.2) is 84.2 Å². The van der Waals surface area contributed by atoms with Crippen molar-refractivity contribution in [1.29, 1.82) is 0 Å². The number of halogens is 2. The molecule has 50 heavy (non-hydrogen) atoms. The van der Waals surface area contributed by atoms with E-state index in [9.17, 15) is 4.79 Å². The summed E-state index contributed by atoms with van der Waals surface area (Å²) in [5.74, 6) is -0.466. The Morgan fingerprint density at radius 2 is 1.76 bits per heavy atom. The number of rotatable bonds is 11. The van der Waals surface area contributed by atoms with Crippen LogP contribution in [0.5, 0.6) is 5.75 Å². The molecule has 0 bridgehead atoms. The van der Waals surface area contributed by atoms with Gasteiger partial charge in [-0.15, -0.1) is 5.10 Å². The Hall–Kier alpha value is -4.43. The first-order valence-corrected chi connectivity index (χ1v) is 17.5. The summed E-state index contributed by atoms with van der Waals surface area (Å²) in [5.41, 5.74) is 3.59. The second-order valence-corrected chi connectivity index (χ2v) is 13.6. The van der Waals surface area contributed by atoms with Gasteiger partial charge in [-0.2, -0.15) is 5.10 Å². The lowest BCUT2D eigenvalue weighted by Gasteiger charge is -2.42. The first-order chi connectivity index (χ1) is 24.2. The maximum absolute atomic E-state index is 12.8. The van der Waals surface area contributed by atoms with Crippen molar-refractivity contribution in [3.63, 3.8) is 0 Å². The molecule has 3 aromatic carbocycles. The van der Waals surface area contributed by atoms with Gasteiger partial charge in [0.05, 0.1) is 23.4 Å². The summed E-state index contributed by atoms with van der Waals surface area (Å²) in [7, 11) is 0. The highest BCUT2D eigenvalue weighted by atomic mass is 35.5. The number of tetrazole rings is 1. The molecule has 2 unspecified atom stereocenters. The van der Waals surface area contributed by atoms with Crippen molar-refractivity contribution in [3.8, 4) is 11.4 Å². The Balaban J connectivity index is 0.945. The second kappa shape index (κ2) is 14.4. The average molecular weight is 721 g/mol. The summed E-state index contributed by atoms with van der Waals surface area (Å²) in [6.07, 6.45) is 3.58. The third-order valence-electron chi connectivity index (χ3n) is 9.39. The molecule has 262 valence electrons. The van der Waals surface area contributed by atoms with Gasteiger partial charge < -0.3 is 24.0 Å². The summed E-state index contributed by atoms with van der Waals surface area (Å²) in [6.45, 7) is 9.67. The Labute approximate surface area is 299 Å². The van der Waals surface area contributed by atoms with Crippen molar-refractivity contribution in [1.82, 2.24) is 34.6 Å². The number of nitrogens with zero attached hydrogens (tertiary/aromatic N) is 9. The van der Waals surface area contributed by atoms with E-state index < -0.39 is 5.79 Å². The normalized spacial score (nSPS) is 21.5. The fraction of sp³-hybridized carbons (Fsp3) is 0.400. The quantitative estimate of drug-likeness (QED) is 0.177. The van der Waals surface area contributed by atoms with E-state index in [0.29, 0.717) is 22.2 Å². The smallest absolute Gasteiger partial charge is 0.350 e. The maximum atomic E-state index is 12.8. The monoisotopic (exact) mass is 719 g/mol. The van der Waals surface area contributed by atoms with Gasteiger partial charge in [0.2, 0.25) is 5.79 Å². The second-order valence-electron chi connectivity index (χ2n) is 12.7. The number of piperazine rings is 1. The first-order valence-electron chi connectivity index (χ1n) is 16.7. The molecule has 0 radical (unpaired) electrons. The molecule has 7 rings (SSSR count). The SMILES string of the molecule is CCC(C)n1ncn(-c2ccc(N3CCN(c4ccc(OC[C@@H]5CO[C@@](Cn6cnnn6)(c6ccc(Cl)cc6Cl)O5)cc4)C(C)C3)cc2)c1=O. The van der Waals surface area contributed by atoms with E-state index in [1.165, 1.54) is 11.0 Å². The maximum Gasteiger partial charge on any atom is 0.350 e. The largest absolute Gasteiger partial charge is 0.491 e. The molecule has 2 aromatic heterocycles. The van der Waals surface area contributed by atoms with Crippen molar-refractivity contribution in [2.75, 3.05) is 42.6 Å². The molecule has 0 aliphatic carbocycles. The lowest BCUT2D eigenvalue weighted by atomic mass is 10.1. The summed E-state index contributed by atoms with van der Waals surface area (Å²) in [6, 6.07) is 21.8. The lowest BCUT2D eigenvalue weighted by molar-refractivity contribution is -0.190. The minimum Gasteiger partial charge on any atom is -0.491 e. The van der Waals surface area contributed by atoms with Gasteiger partial charge in [0.1, 0.15) is 37.7 Å². The molecule has 4 heterocycles. The van der Waals surface area contributed by atoms with Crippen molar-refractivity contribution >= 4 is 34.6 Å². The summed E-state index contributed by atoms with van der Waals surface area (Å²) in [5, 5.41) is 16.7. The van der Waals surface area contributed by atoms with Gasteiger partial charge in [0.15, 0.2) is 0 Å². The Morgan fingerprint density at radius 1 is 1.00 bits per heavy atom. The van der Waals surface area contributed by atoms with E-state index in [1.807, 2.05) is 38.1 Å². The molecule has 2 aliphatic heterocycles. The van der Waals surface area contributed by atoms with Crippen LogP contribution < -0.4 is 20.2 Å². The lowest BCUT2D eigenvalue weighted by Crippen LogP contribution is -2.52. The zero-order chi connectivity index (χ0) is 34.8. The third kappa shape index (κ3) is 6.95. The Morgan fingerprint density at radius 3 is 2.46 bits per heavy atom. The minimum atomic E-state index is -1.20. The fourth-order valence-electron chi connectivity index (χ4n) is 6.51. The van der Waals surface area contributed by atoms with Crippen LogP contribution >= 0.6 is 23.2 Å². The molecule has 0 N–H and O–H groups in total. The van der Waals surface area contributed by atoms with Crippen molar-refractivity contribution < 1.29 is 14.2 Å². The average Bonchev–Trinajstić information content (AvgIpc) is 3.88. The number of anilines is 2. The van der Waals surface area contributed by atoms with Crippen LogP contribution in [0.25, 0.3) is 5.69 Å². The van der Waals surface area contributed by atoms with Crippen LogP contribution in [0.3, 0.4) is 0 Å². The van der Waals surface area contributed by atoms with E-state index in [1.54, 1.807) is 33.8 Å². The molecular weight excluding hydrogens is 681 g/mol. The van der Waals surface area contributed by atoms with Crippen molar-refractivity contribution in [3.05, 3.63) is 105 Å². The topological polar surface area (TPSA) is 118 Å². The molecule has 5 aromatic rings. The van der Waals surface area contributed by atoms with Crippen molar-refractivity contribution in [2.45, 2.75) is 57.7 Å². The van der Waals surface area contributed by atoms with Gasteiger partial charge in [0, 0.05) is 47.6 Å². The van der Waals surface area contributed by atoms with Crippen LogP contribution in [0.2, 0.25) is 10.0 Å². The standard InChI is InChI=1S/C35H39Cl2N9O4/c1-4-24(2)46-34(47)45(23-39-46)29-8-6-27(7-9-29)42-15-16-44(25(3)18-42)28-10-12-30(13-11-28)48-19-31-20-49-35(50-31,21-43-22-38-40-41-43)32-14-5-26(36)17-33(32)37/h5-14,17,22-25,31H,4,15-16,18-21H2,1-3H3/t24?,25?,31-,35-/m1/s1. The molecule has 2 saturated heterocycles. The highest BCUT2D eigenvalue weighted by molar-refractivity contribution is 6.35. The van der Waals surface area contributed by atoms with Crippen LogP contribution in [-0.4, -0.2) is 79.5 Å². The van der Waals surface area contributed by atoms with Crippen LogP contribution in [-0.2, 0) is 21.8 Å². The number of aromatic nitrogens is 7. The van der Waals surface area contributed by atoms with E-state index >= 15 is 0 Å². The van der Waals surface area contributed by atoms with Gasteiger partial charge in [-0.25, -0.2) is 18.7 Å². The van der Waals surface area contributed by atoms with Gasteiger partial charge in [0.25, 0.3) is 0 Å². The first kappa shape index (κ1) is 34.0. The molecule has 4 atom stereocenters. The number of ether oxygens (including phenoxy) is 3. The van der Waals surface area contributed by atoms with E-state index in [4.69, 9.17) is 37.4 Å². The Kier molecular flexibility index (Phi) is 9.82. The molecule has 0 amide bonds. The molecular formula is C35H39Cl2N9O4. The van der Waals surface area contributed by atoms with Crippen LogP contribution in [0.1, 0.15) is 38.8 Å². The minimum absolute atomic E-state index is 0.0596. The summed E-state index contributed by atoms with van der Waals surface area (Å²) >= 11 is 12.7. The van der Waals surface area contributed by atoms with Crippen LogP contribution in [0.4, 0.5) is 11.4 Å². The van der Waals surface area contributed by atoms with Gasteiger partial charge in [-0.3, -0.25) is 0 Å². The van der Waals surface area contributed by atoms with Crippen LogP contribution in [0, 0.1) is 0 Å². The number of hydrogen-bond acceptors (Lipinski definition) is 10. The molecule has 15 heteroatoms. The van der Waals surface area contributed by atoms with E-state index in [-0.39, 0.29) is 37.0 Å². The fourth-order valence-corrected chi connectivity index (χ4v) is 7.06. The summed E-state index contributed by atoms with van der Waals surface area (Å²) in [4.78, 5) is 17.6. The molecule has 13 nitrogen and oxygen atoms in total. The predicted octanol–water partition coefficient (Wildman–Crippen LogP) is 5.36. The highest BCUT2D eigenvalue weighted by Crippen LogP contribution is 2.40. The zero-order valence-electron chi connectivity index (χ0n) is 28.1. The zero-order valence-corrected chi connectivity index (χ0v) is 29.6. The van der Waals surface area contributed by atoms with Gasteiger partial charge in [-0.05, 0) is 91.4 Å². The third-order valence-corrected chi connectivity index (χ3v) is 9.94. The van der Waals surface area contributed by atoms with E-state index in [0.717, 1.165) is 48.9 Å². The summed E-state index contributed by atoms with van der Waals surface area (Å²) < 4.78 is 23.5. The number of hydrogen-bond donors (Lipinski definition) is 0. The molecule has 2 aliphatic rings. The highest BCUT2D eigenvalue weighted by Gasteiger charge is 2.46. The van der Waals surface area contributed by atoms with Crippen molar-refractivity contribution in [2.24, 2.45) is 0 Å². The number of benzene rings is 3. The van der Waals surface area contributed by atoms with E-state index in [2.05, 4.69) is 61.6 Å². The Bertz CT molecular complexity index is 1950. The molecule has 0 saturated carbocycles. The molecule has 0 spiro atoms. The van der Waals surface area contributed by atoms with Gasteiger partial charge >= 0.3 is 5.69 Å². The molecule has 2 fully saturated rings. The van der Waals surface area contributed by atoms with Gasteiger partial charge in [-0.1, -0.05) is 36.2 Å².